The van der Waals surface area contributed by atoms with Gasteiger partial charge in [-0.25, -0.2) is 0 Å². The number of benzene rings is 1. The Morgan fingerprint density at radius 1 is 1.04 bits per heavy atom. The minimum absolute atomic E-state index is 0.313. The number of nitrogens with zero attached hydrogens (tertiary/aromatic N) is 2. The molecule has 2 fully saturated rings. The van der Waals surface area contributed by atoms with Crippen molar-refractivity contribution in [1.82, 2.24) is 9.80 Å². The first-order valence-corrected chi connectivity index (χ1v) is 10.0. The van der Waals surface area contributed by atoms with Crippen molar-refractivity contribution in [3.05, 3.63) is 29.8 Å². The molecule has 0 aromatic heterocycles. The maximum atomic E-state index is 13.0. The Hall–Kier alpha value is -1.55. The molecule has 1 amide bonds. The van der Waals surface area contributed by atoms with Gasteiger partial charge in [0.1, 0.15) is 5.75 Å². The van der Waals surface area contributed by atoms with Gasteiger partial charge in [-0.3, -0.25) is 9.69 Å². The average Bonchev–Trinajstić information content (AvgIpc) is 2.69. The molecule has 2 saturated heterocycles. The molecule has 25 heavy (non-hydrogen) atoms. The number of carbonyl (C=O) groups is 1. The summed E-state index contributed by atoms with van der Waals surface area (Å²) in [5.41, 5.74) is 1.21. The number of ether oxygens (including phenoxy) is 1. The van der Waals surface area contributed by atoms with Gasteiger partial charge in [-0.2, -0.15) is 0 Å². The highest BCUT2D eigenvalue weighted by Crippen LogP contribution is 2.36. The third kappa shape index (κ3) is 3.84. The van der Waals surface area contributed by atoms with Gasteiger partial charge in [0.2, 0.25) is 5.91 Å². The van der Waals surface area contributed by atoms with Gasteiger partial charge in [0.15, 0.2) is 0 Å². The summed E-state index contributed by atoms with van der Waals surface area (Å²) in [6.07, 6.45) is 8.00. The van der Waals surface area contributed by atoms with E-state index in [1.807, 2.05) is 12.1 Å². The Morgan fingerprint density at radius 3 is 2.76 bits per heavy atom. The zero-order valence-corrected chi connectivity index (χ0v) is 15.2. The van der Waals surface area contributed by atoms with E-state index in [4.69, 9.17) is 4.74 Å². The summed E-state index contributed by atoms with van der Waals surface area (Å²) in [5.74, 6) is 1.62. The third-order valence-electron chi connectivity index (χ3n) is 6.16. The fourth-order valence-electron chi connectivity index (χ4n) is 4.73. The Labute approximate surface area is 151 Å². The van der Waals surface area contributed by atoms with Gasteiger partial charge >= 0.3 is 0 Å². The van der Waals surface area contributed by atoms with Crippen LogP contribution in [0.2, 0.25) is 0 Å². The minimum atomic E-state index is 0.313. The molecule has 3 heterocycles. The lowest BCUT2D eigenvalue weighted by Gasteiger charge is -2.41. The van der Waals surface area contributed by atoms with Crippen molar-refractivity contribution in [3.8, 4) is 5.75 Å². The van der Waals surface area contributed by atoms with E-state index in [1.165, 1.54) is 44.3 Å². The maximum Gasteiger partial charge on any atom is 0.223 e. The first-order valence-electron chi connectivity index (χ1n) is 10.0. The highest BCUT2D eigenvalue weighted by Gasteiger charge is 2.31. The molecule has 0 radical (unpaired) electrons. The van der Waals surface area contributed by atoms with E-state index in [1.54, 1.807) is 0 Å². The Balaban J connectivity index is 1.38. The van der Waals surface area contributed by atoms with Crippen LogP contribution in [-0.4, -0.2) is 54.5 Å². The molecule has 0 aliphatic carbocycles. The fraction of sp³-hybridized carbons (Fsp3) is 0.667. The number of carbonyl (C=O) groups excluding carboxylic acids is 1. The highest BCUT2D eigenvalue weighted by atomic mass is 16.5. The normalized spacial score (nSPS) is 27.4. The van der Waals surface area contributed by atoms with Crippen LogP contribution in [0.4, 0.5) is 0 Å². The van der Waals surface area contributed by atoms with Crippen molar-refractivity contribution in [1.29, 1.82) is 0 Å². The van der Waals surface area contributed by atoms with Crippen LogP contribution in [0.1, 0.15) is 56.4 Å². The Kier molecular flexibility index (Phi) is 5.25. The second-order valence-electron chi connectivity index (χ2n) is 7.81. The van der Waals surface area contributed by atoms with Crippen LogP contribution in [0, 0.1) is 0 Å². The zero-order valence-electron chi connectivity index (χ0n) is 15.2. The maximum absolute atomic E-state index is 13.0. The van der Waals surface area contributed by atoms with Crippen LogP contribution in [0.5, 0.6) is 5.75 Å². The lowest BCUT2D eigenvalue weighted by atomic mass is 9.89. The number of para-hydroxylation sites is 1. The molecule has 3 aliphatic heterocycles. The van der Waals surface area contributed by atoms with Crippen molar-refractivity contribution in [3.63, 3.8) is 0 Å². The largest absolute Gasteiger partial charge is 0.493 e. The van der Waals surface area contributed by atoms with Crippen LogP contribution in [-0.2, 0) is 4.79 Å². The molecule has 0 saturated carbocycles. The van der Waals surface area contributed by atoms with E-state index >= 15 is 0 Å². The number of hydrogen-bond donors (Lipinski definition) is 0. The van der Waals surface area contributed by atoms with Crippen LogP contribution in [0.25, 0.3) is 0 Å². The predicted octanol–water partition coefficient (Wildman–Crippen LogP) is 3.42. The average molecular weight is 342 g/mol. The first kappa shape index (κ1) is 16.9. The number of fused-ring (bicyclic) bond motifs is 1. The summed E-state index contributed by atoms with van der Waals surface area (Å²) in [5, 5.41) is 0. The molecule has 0 spiro atoms. The summed E-state index contributed by atoms with van der Waals surface area (Å²) >= 11 is 0. The number of amides is 1. The van der Waals surface area contributed by atoms with Crippen LogP contribution in [0.3, 0.4) is 0 Å². The van der Waals surface area contributed by atoms with Gasteiger partial charge in [-0.1, -0.05) is 24.6 Å². The molecule has 0 unspecified atom stereocenters. The van der Waals surface area contributed by atoms with E-state index < -0.39 is 0 Å². The van der Waals surface area contributed by atoms with Crippen molar-refractivity contribution >= 4 is 5.91 Å². The van der Waals surface area contributed by atoms with Gasteiger partial charge in [-0.05, 0) is 62.7 Å². The van der Waals surface area contributed by atoms with Gasteiger partial charge in [0, 0.05) is 25.6 Å². The summed E-state index contributed by atoms with van der Waals surface area (Å²) in [6.45, 7) is 5.04. The lowest BCUT2D eigenvalue weighted by Crippen LogP contribution is -2.51. The van der Waals surface area contributed by atoms with Crippen LogP contribution in [0.15, 0.2) is 24.3 Å². The zero-order chi connectivity index (χ0) is 17.1. The second-order valence-corrected chi connectivity index (χ2v) is 7.81. The lowest BCUT2D eigenvalue weighted by molar-refractivity contribution is -0.134. The van der Waals surface area contributed by atoms with Crippen molar-refractivity contribution < 1.29 is 9.53 Å². The minimum Gasteiger partial charge on any atom is -0.493 e. The second kappa shape index (κ2) is 7.77. The Bertz CT molecular complexity index is 597. The Morgan fingerprint density at radius 2 is 1.88 bits per heavy atom. The monoisotopic (exact) mass is 342 g/mol. The number of hydrogen-bond acceptors (Lipinski definition) is 3. The molecule has 0 bridgehead atoms. The topological polar surface area (TPSA) is 32.8 Å². The molecule has 1 aromatic rings. The molecular formula is C21H30N2O2. The van der Waals surface area contributed by atoms with Gasteiger partial charge < -0.3 is 9.64 Å². The quantitative estimate of drug-likeness (QED) is 0.844. The fourth-order valence-corrected chi connectivity index (χ4v) is 4.73. The van der Waals surface area contributed by atoms with E-state index in [-0.39, 0.29) is 0 Å². The number of likely N-dealkylation sites (tertiary alicyclic amines) is 2. The summed E-state index contributed by atoms with van der Waals surface area (Å²) < 4.78 is 5.75. The summed E-state index contributed by atoms with van der Waals surface area (Å²) in [7, 11) is 0. The first-order chi connectivity index (χ1) is 12.3. The smallest absolute Gasteiger partial charge is 0.223 e. The summed E-state index contributed by atoms with van der Waals surface area (Å²) in [6, 6.07) is 8.80. The number of rotatable bonds is 3. The predicted molar refractivity (Wildman–Crippen MR) is 98.9 cm³/mol. The van der Waals surface area contributed by atoms with Gasteiger partial charge in [0.05, 0.1) is 6.61 Å². The van der Waals surface area contributed by atoms with E-state index in [0.717, 1.165) is 38.3 Å². The van der Waals surface area contributed by atoms with Crippen molar-refractivity contribution in [2.75, 3.05) is 32.8 Å². The van der Waals surface area contributed by atoms with Gasteiger partial charge in [0.25, 0.3) is 0 Å². The molecule has 1 aromatic carbocycles. The molecule has 2 atom stereocenters. The number of piperidine rings is 2. The standard InChI is InChI=1S/C21H30N2O2/c24-21(15-17-10-14-25-20-9-3-2-8-19(17)20)23-13-6-7-18(16-23)22-11-4-1-5-12-22/h2-3,8-9,17-18H,1,4-7,10-16H2/t17-,18+/m1/s1. The van der Waals surface area contributed by atoms with E-state index in [9.17, 15) is 4.79 Å². The molecule has 136 valence electrons. The van der Waals surface area contributed by atoms with Crippen molar-refractivity contribution in [2.45, 2.75) is 56.9 Å². The van der Waals surface area contributed by atoms with Crippen LogP contribution >= 0.6 is 0 Å². The molecule has 4 rings (SSSR count). The molecular weight excluding hydrogens is 312 g/mol. The molecule has 0 N–H and O–H groups in total. The van der Waals surface area contributed by atoms with E-state index in [2.05, 4.69) is 21.9 Å². The van der Waals surface area contributed by atoms with E-state index in [0.29, 0.717) is 24.3 Å². The molecule has 4 nitrogen and oxygen atoms in total. The van der Waals surface area contributed by atoms with Gasteiger partial charge in [-0.15, -0.1) is 0 Å². The highest BCUT2D eigenvalue weighted by molar-refractivity contribution is 5.77. The van der Waals surface area contributed by atoms with Crippen LogP contribution < -0.4 is 4.74 Å². The molecule has 4 heteroatoms. The SMILES string of the molecule is O=C(C[C@H]1CCOc2ccccc21)N1CCC[C@H](N2CCCCC2)C1. The third-order valence-corrected chi connectivity index (χ3v) is 6.16. The summed E-state index contributed by atoms with van der Waals surface area (Å²) in [4.78, 5) is 17.7. The van der Waals surface area contributed by atoms with Crippen molar-refractivity contribution in [2.24, 2.45) is 0 Å². The molecule has 3 aliphatic rings.